The number of urea groups is 1. The van der Waals surface area contributed by atoms with E-state index in [9.17, 15) is 41.0 Å². The van der Waals surface area contributed by atoms with Crippen molar-refractivity contribution in [3.8, 4) is 0 Å². The van der Waals surface area contributed by atoms with Gasteiger partial charge in [-0.3, -0.25) is 9.18 Å². The highest BCUT2D eigenvalue weighted by molar-refractivity contribution is 6.20. The van der Waals surface area contributed by atoms with Crippen molar-refractivity contribution in [2.45, 2.75) is 62.8 Å². The quantitative estimate of drug-likeness (QED) is 0.155. The number of carbonyl (C=O) groups is 2. The molecule has 40 heavy (non-hydrogen) atoms. The fraction of sp³-hybridized carbons (Fsp3) is 0.542. The van der Waals surface area contributed by atoms with E-state index in [0.717, 1.165) is 4.90 Å². The van der Waals surface area contributed by atoms with Crippen molar-refractivity contribution >= 4 is 23.3 Å². The summed E-state index contributed by atoms with van der Waals surface area (Å²) < 4.78 is 80.7. The van der Waals surface area contributed by atoms with Crippen molar-refractivity contribution in [1.29, 1.82) is 5.41 Å². The van der Waals surface area contributed by atoms with E-state index in [4.69, 9.17) is 5.41 Å². The Morgan fingerprint density at radius 1 is 1.32 bits per heavy atom. The van der Waals surface area contributed by atoms with Crippen LogP contribution >= 0.6 is 0 Å². The number of carbonyl (C=O) groups excluding carboxylic acids is 2. The predicted molar refractivity (Wildman–Crippen MR) is 129 cm³/mol. The first-order valence-corrected chi connectivity index (χ1v) is 12.4. The molecule has 2 aromatic rings. The topological polar surface area (TPSA) is 136 Å². The monoisotopic (exact) mass is 575 g/mol. The van der Waals surface area contributed by atoms with Gasteiger partial charge in [0.1, 0.15) is 6.04 Å². The Hall–Kier alpha value is -3.85. The summed E-state index contributed by atoms with van der Waals surface area (Å²) in [5.41, 5.74) is -0.0855. The number of imidazole rings is 1. The molecule has 4 N–H and O–H groups in total. The molecule has 0 bridgehead atoms. The van der Waals surface area contributed by atoms with Gasteiger partial charge in [0, 0.05) is 31.5 Å². The van der Waals surface area contributed by atoms with Gasteiger partial charge in [-0.1, -0.05) is 0 Å². The normalized spacial score (nSPS) is 20.9. The van der Waals surface area contributed by atoms with Gasteiger partial charge in [-0.25, -0.2) is 23.1 Å². The first kappa shape index (κ1) is 29.1. The molecule has 218 valence electrons. The summed E-state index contributed by atoms with van der Waals surface area (Å²) in [4.78, 5) is 30.4. The van der Waals surface area contributed by atoms with Gasteiger partial charge in [-0.15, -0.1) is 0 Å². The number of aliphatic hydroxyl groups is 1. The van der Waals surface area contributed by atoms with Gasteiger partial charge in [0.15, 0.2) is 5.65 Å². The van der Waals surface area contributed by atoms with Crippen LogP contribution in [0, 0.1) is 11.3 Å². The van der Waals surface area contributed by atoms with Crippen LogP contribution in [0.5, 0.6) is 0 Å². The van der Waals surface area contributed by atoms with Crippen molar-refractivity contribution in [3.05, 3.63) is 41.6 Å². The Bertz CT molecular complexity index is 1300. The number of nitrogens with zero attached hydrogens (tertiary/aromatic N) is 4. The summed E-state index contributed by atoms with van der Waals surface area (Å²) in [5, 5.41) is 26.0. The van der Waals surface area contributed by atoms with Gasteiger partial charge in [-0.05, 0) is 30.4 Å². The lowest BCUT2D eigenvalue weighted by Crippen LogP contribution is -2.40. The van der Waals surface area contributed by atoms with Crippen molar-refractivity contribution < 1.29 is 41.0 Å². The van der Waals surface area contributed by atoms with Crippen LogP contribution in [0.15, 0.2) is 30.3 Å². The van der Waals surface area contributed by atoms with E-state index in [-0.39, 0.29) is 30.7 Å². The molecule has 4 rings (SSSR count). The molecule has 0 unspecified atom stereocenters. The Kier molecular flexibility index (Phi) is 8.25. The molecule has 2 fully saturated rings. The zero-order valence-electron chi connectivity index (χ0n) is 21.0. The number of alkyl halides is 6. The Labute approximate surface area is 223 Å². The lowest BCUT2D eigenvalue weighted by atomic mass is 9.81. The summed E-state index contributed by atoms with van der Waals surface area (Å²) in [6.45, 7) is -1.68. The highest BCUT2D eigenvalue weighted by atomic mass is 19.4. The maximum Gasteiger partial charge on any atom is 0.410 e. The van der Waals surface area contributed by atoms with Crippen molar-refractivity contribution in [2.75, 3.05) is 13.2 Å². The highest BCUT2D eigenvalue weighted by Crippen LogP contribution is 2.41. The van der Waals surface area contributed by atoms with Gasteiger partial charge in [0.05, 0.1) is 49.2 Å². The second kappa shape index (κ2) is 11.3. The van der Waals surface area contributed by atoms with E-state index in [1.165, 1.54) is 23.0 Å². The van der Waals surface area contributed by atoms with Crippen LogP contribution in [0.4, 0.5) is 31.1 Å². The molecule has 0 spiro atoms. The lowest BCUT2D eigenvalue weighted by Gasteiger charge is -2.33. The van der Waals surface area contributed by atoms with Crippen LogP contribution in [0.1, 0.15) is 49.4 Å². The van der Waals surface area contributed by atoms with Gasteiger partial charge < -0.3 is 26.0 Å². The van der Waals surface area contributed by atoms with E-state index >= 15 is 0 Å². The molecular formula is C24H27F6N7O3. The first-order chi connectivity index (χ1) is 18.8. The minimum Gasteiger partial charge on any atom is -0.515 e. The Morgan fingerprint density at radius 2 is 2.02 bits per heavy atom. The zero-order valence-corrected chi connectivity index (χ0v) is 21.0. The lowest BCUT2D eigenvalue weighted by molar-refractivity contribution is -0.149. The fourth-order valence-electron chi connectivity index (χ4n) is 4.85. The molecule has 3 amide bonds. The molecule has 0 aromatic carbocycles. The van der Waals surface area contributed by atoms with Crippen molar-refractivity contribution in [2.24, 2.45) is 5.92 Å². The van der Waals surface area contributed by atoms with Gasteiger partial charge in [0.2, 0.25) is 5.92 Å². The number of amides is 3. The highest BCUT2D eigenvalue weighted by Gasteiger charge is 2.47. The minimum absolute atomic E-state index is 0.0367. The molecule has 2 aromatic heterocycles. The minimum atomic E-state index is -4.59. The molecule has 1 aliphatic carbocycles. The van der Waals surface area contributed by atoms with E-state index in [1.54, 1.807) is 0 Å². The van der Waals surface area contributed by atoms with Crippen molar-refractivity contribution in [1.82, 2.24) is 30.1 Å². The maximum absolute atomic E-state index is 13.9. The molecule has 3 heterocycles. The number of aromatic nitrogens is 3. The third-order valence-corrected chi connectivity index (χ3v) is 7.03. The number of fused-ring (bicyclic) bond motifs is 1. The van der Waals surface area contributed by atoms with E-state index in [1.807, 2.05) is 5.32 Å². The number of nitrogens with one attached hydrogen (secondary N) is 3. The second-order valence-corrected chi connectivity index (χ2v) is 9.86. The largest absolute Gasteiger partial charge is 0.515 e. The molecule has 2 atom stereocenters. The number of aliphatic hydroxyl groups excluding tert-OH is 1. The van der Waals surface area contributed by atoms with Gasteiger partial charge in [0.25, 0.3) is 5.91 Å². The van der Waals surface area contributed by atoms with Crippen LogP contribution in [-0.4, -0.2) is 73.6 Å². The smallest absolute Gasteiger partial charge is 0.410 e. The van der Waals surface area contributed by atoms with E-state index in [2.05, 4.69) is 15.4 Å². The molecule has 2 aliphatic rings. The average Bonchev–Trinajstić information content (AvgIpc) is 3.46. The predicted octanol–water partition coefficient (Wildman–Crippen LogP) is 3.99. The summed E-state index contributed by atoms with van der Waals surface area (Å²) in [6, 6.07) is -2.31. The number of rotatable bonds is 9. The summed E-state index contributed by atoms with van der Waals surface area (Å²) in [7, 11) is 0. The van der Waals surface area contributed by atoms with Gasteiger partial charge in [-0.2, -0.15) is 18.3 Å². The van der Waals surface area contributed by atoms with E-state index < -0.39 is 85.8 Å². The maximum atomic E-state index is 13.9. The van der Waals surface area contributed by atoms with Crippen LogP contribution in [0.25, 0.3) is 5.65 Å². The molecule has 1 aliphatic heterocycles. The molecule has 0 radical (unpaired) electrons. The second-order valence-electron chi connectivity index (χ2n) is 9.86. The number of hydrogen-bond acceptors (Lipinski definition) is 6. The Balaban J connectivity index is 1.58. The molecule has 1 saturated carbocycles. The average molecular weight is 576 g/mol. The van der Waals surface area contributed by atoms with Crippen LogP contribution in [0.2, 0.25) is 0 Å². The van der Waals surface area contributed by atoms with Crippen LogP contribution in [-0.2, 0) is 11.3 Å². The summed E-state index contributed by atoms with van der Waals surface area (Å²) in [5.74, 6) is -4.25. The summed E-state index contributed by atoms with van der Waals surface area (Å²) in [6.07, 6.45) is -2.60. The molecule has 16 heteroatoms. The third-order valence-electron chi connectivity index (χ3n) is 7.03. The number of hydrogen-bond donors (Lipinski definition) is 4. The SMILES string of the molecule is N=C(CCF)/C(=C\O)C(=O)N[C@H](c1cn2ncc(CN3C[C@@H](C(F)(F)F)NC3=O)cc2n1)C1CCC(F)(F)CC1. The fourth-order valence-corrected chi connectivity index (χ4v) is 4.85. The number of halogens is 6. The Morgan fingerprint density at radius 3 is 2.62 bits per heavy atom. The molecule has 1 saturated heterocycles. The first-order valence-electron chi connectivity index (χ1n) is 12.4. The third kappa shape index (κ3) is 6.47. The standard InChI is InChI=1S/C24H27F6N7O3/c25-6-3-16(31)15(12-38)21(39)35-20(14-1-4-23(26,27)5-2-14)17-10-37-19(33-17)7-13(8-32-37)9-36-11-18(24(28,29)30)34-22(36)40/h7-8,10,12,14,18,20,31,38H,1-6,9,11H2,(H,34,40)(H,35,39)/b15-12+,31-16?/t18-,20-/m0/s1. The van der Waals surface area contributed by atoms with Crippen molar-refractivity contribution in [3.63, 3.8) is 0 Å². The zero-order chi connectivity index (χ0) is 29.2. The van der Waals surface area contributed by atoms with Gasteiger partial charge >= 0.3 is 12.2 Å². The van der Waals surface area contributed by atoms with Crippen LogP contribution in [0.3, 0.4) is 0 Å². The van der Waals surface area contributed by atoms with E-state index in [0.29, 0.717) is 11.8 Å². The molecule has 10 nitrogen and oxygen atoms in total. The molecular weight excluding hydrogens is 548 g/mol. The summed E-state index contributed by atoms with van der Waals surface area (Å²) >= 11 is 0. The van der Waals surface area contributed by atoms with Crippen LogP contribution < -0.4 is 10.6 Å².